The first-order chi connectivity index (χ1) is 7.25. The molecule has 0 spiro atoms. The van der Waals surface area contributed by atoms with Crippen LogP contribution in [-0.4, -0.2) is 28.7 Å². The van der Waals surface area contributed by atoms with Gasteiger partial charge in [0.05, 0.1) is 6.10 Å². The monoisotopic (exact) mass is 203 g/mol. The van der Waals surface area contributed by atoms with Gasteiger partial charge in [0.15, 0.2) is 0 Å². The van der Waals surface area contributed by atoms with Crippen LogP contribution in [0.4, 0.5) is 0 Å². The maximum absolute atomic E-state index is 9.55. The van der Waals surface area contributed by atoms with E-state index < -0.39 is 0 Å². The Morgan fingerprint density at radius 1 is 1.27 bits per heavy atom. The molecule has 2 heteroatoms. The first-order valence-electron chi connectivity index (χ1n) is 5.40. The van der Waals surface area contributed by atoms with E-state index in [1.165, 1.54) is 5.56 Å². The normalized spacial score (nSPS) is 26.8. The van der Waals surface area contributed by atoms with E-state index >= 15 is 0 Å². The Morgan fingerprint density at radius 3 is 2.73 bits per heavy atom. The number of hydrogen-bond donors (Lipinski definition) is 1. The fourth-order valence-electron chi connectivity index (χ4n) is 1.90. The third-order valence-electron chi connectivity index (χ3n) is 2.84. The summed E-state index contributed by atoms with van der Waals surface area (Å²) in [6.07, 6.45) is 3.63. The lowest BCUT2D eigenvalue weighted by molar-refractivity contribution is 0.114. The van der Waals surface area contributed by atoms with Crippen LogP contribution in [0.3, 0.4) is 0 Å². The topological polar surface area (TPSA) is 23.5 Å². The molecule has 0 saturated carbocycles. The third kappa shape index (κ3) is 2.67. The van der Waals surface area contributed by atoms with Gasteiger partial charge in [-0.2, -0.15) is 0 Å². The second-order valence-electron chi connectivity index (χ2n) is 4.11. The molecule has 1 aromatic carbocycles. The average molecular weight is 203 g/mol. The Labute approximate surface area is 90.8 Å². The molecule has 2 nitrogen and oxygen atoms in total. The summed E-state index contributed by atoms with van der Waals surface area (Å²) in [6, 6.07) is 10.8. The van der Waals surface area contributed by atoms with E-state index in [9.17, 15) is 5.11 Å². The molecule has 2 atom stereocenters. The lowest BCUT2D eigenvalue weighted by atomic mass is 10.1. The van der Waals surface area contributed by atoms with Gasteiger partial charge in [-0.3, -0.25) is 4.90 Å². The van der Waals surface area contributed by atoms with Gasteiger partial charge in [-0.05, 0) is 12.5 Å². The minimum absolute atomic E-state index is 0.315. The molecule has 1 heterocycles. The number of nitrogens with zero attached hydrogens (tertiary/aromatic N) is 1. The van der Waals surface area contributed by atoms with Gasteiger partial charge in [-0.1, -0.05) is 42.5 Å². The Bertz CT molecular complexity index is 334. The largest absolute Gasteiger partial charge is 0.388 e. The third-order valence-corrected chi connectivity index (χ3v) is 2.84. The van der Waals surface area contributed by atoms with Gasteiger partial charge >= 0.3 is 0 Å². The number of aliphatic hydroxyl groups excluding tert-OH is 1. The minimum atomic E-state index is -0.315. The van der Waals surface area contributed by atoms with Crippen LogP contribution in [0.2, 0.25) is 0 Å². The summed E-state index contributed by atoms with van der Waals surface area (Å²) < 4.78 is 0. The standard InChI is InChI=1S/C13H17NO/c1-11-7-8-13(15)10-14(11)9-12-5-3-2-4-6-12/h2-8,11,13,15H,9-10H2,1H3/t11-,13+/m0/s1. The summed E-state index contributed by atoms with van der Waals surface area (Å²) in [5.74, 6) is 0. The van der Waals surface area contributed by atoms with Crippen molar-refractivity contribution in [3.63, 3.8) is 0 Å². The van der Waals surface area contributed by atoms with Crippen molar-refractivity contribution >= 4 is 0 Å². The van der Waals surface area contributed by atoms with Crippen molar-refractivity contribution in [1.29, 1.82) is 0 Å². The Morgan fingerprint density at radius 2 is 2.00 bits per heavy atom. The first-order valence-corrected chi connectivity index (χ1v) is 5.40. The van der Waals surface area contributed by atoms with Crippen molar-refractivity contribution in [1.82, 2.24) is 4.90 Å². The molecule has 0 amide bonds. The van der Waals surface area contributed by atoms with Gasteiger partial charge in [0.1, 0.15) is 0 Å². The van der Waals surface area contributed by atoms with Gasteiger partial charge in [0, 0.05) is 19.1 Å². The van der Waals surface area contributed by atoms with Gasteiger partial charge < -0.3 is 5.11 Å². The summed E-state index contributed by atoms with van der Waals surface area (Å²) in [4.78, 5) is 2.28. The highest BCUT2D eigenvalue weighted by atomic mass is 16.3. The lowest BCUT2D eigenvalue weighted by Crippen LogP contribution is -2.40. The van der Waals surface area contributed by atoms with Crippen LogP contribution in [0, 0.1) is 0 Å². The van der Waals surface area contributed by atoms with Crippen LogP contribution in [0.5, 0.6) is 0 Å². The van der Waals surface area contributed by atoms with Crippen molar-refractivity contribution in [2.45, 2.75) is 25.6 Å². The Kier molecular flexibility index (Phi) is 3.19. The Hall–Kier alpha value is -1.12. The number of aliphatic hydroxyl groups is 1. The van der Waals surface area contributed by atoms with Gasteiger partial charge in [0.25, 0.3) is 0 Å². The predicted octanol–water partition coefficient (Wildman–Crippen LogP) is 1.81. The molecule has 0 radical (unpaired) electrons. The van der Waals surface area contributed by atoms with Crippen LogP contribution in [0.25, 0.3) is 0 Å². The van der Waals surface area contributed by atoms with Crippen molar-refractivity contribution in [2.75, 3.05) is 6.54 Å². The summed E-state index contributed by atoms with van der Waals surface area (Å²) in [5, 5.41) is 9.55. The van der Waals surface area contributed by atoms with E-state index in [2.05, 4.69) is 42.2 Å². The quantitative estimate of drug-likeness (QED) is 0.741. The highest BCUT2D eigenvalue weighted by molar-refractivity contribution is 5.15. The van der Waals surface area contributed by atoms with E-state index in [0.29, 0.717) is 6.04 Å². The highest BCUT2D eigenvalue weighted by Crippen LogP contribution is 2.14. The van der Waals surface area contributed by atoms with E-state index in [0.717, 1.165) is 13.1 Å². The second kappa shape index (κ2) is 4.60. The van der Waals surface area contributed by atoms with Crippen molar-refractivity contribution in [2.24, 2.45) is 0 Å². The van der Waals surface area contributed by atoms with Crippen LogP contribution < -0.4 is 0 Å². The van der Waals surface area contributed by atoms with Crippen LogP contribution in [-0.2, 0) is 6.54 Å². The van der Waals surface area contributed by atoms with Gasteiger partial charge in [-0.25, -0.2) is 0 Å². The van der Waals surface area contributed by atoms with Crippen molar-refractivity contribution < 1.29 is 5.11 Å². The number of benzene rings is 1. The lowest BCUT2D eigenvalue weighted by Gasteiger charge is -2.32. The molecule has 0 saturated heterocycles. The van der Waals surface area contributed by atoms with E-state index in [-0.39, 0.29) is 6.10 Å². The molecule has 1 aliphatic heterocycles. The SMILES string of the molecule is C[C@H]1C=C[C@@H](O)CN1Cc1ccccc1. The van der Waals surface area contributed by atoms with Crippen LogP contribution in [0.1, 0.15) is 12.5 Å². The zero-order valence-corrected chi connectivity index (χ0v) is 9.00. The van der Waals surface area contributed by atoms with Crippen LogP contribution in [0.15, 0.2) is 42.5 Å². The van der Waals surface area contributed by atoms with Gasteiger partial charge in [0.2, 0.25) is 0 Å². The first kappa shape index (κ1) is 10.4. The van der Waals surface area contributed by atoms with E-state index in [4.69, 9.17) is 0 Å². The number of rotatable bonds is 2. The van der Waals surface area contributed by atoms with E-state index in [1.807, 2.05) is 12.1 Å². The predicted molar refractivity (Wildman–Crippen MR) is 61.5 cm³/mol. The maximum Gasteiger partial charge on any atom is 0.0848 e. The Balaban J connectivity index is 2.03. The fourth-order valence-corrected chi connectivity index (χ4v) is 1.90. The molecule has 0 bridgehead atoms. The van der Waals surface area contributed by atoms with Crippen molar-refractivity contribution in [3.8, 4) is 0 Å². The molecule has 1 aromatic rings. The molecule has 1 aliphatic rings. The molecule has 0 unspecified atom stereocenters. The summed E-state index contributed by atoms with van der Waals surface area (Å²) in [6.45, 7) is 3.79. The molecule has 80 valence electrons. The molecular weight excluding hydrogens is 186 g/mol. The molecule has 2 rings (SSSR count). The van der Waals surface area contributed by atoms with Crippen LogP contribution >= 0.6 is 0 Å². The highest BCUT2D eigenvalue weighted by Gasteiger charge is 2.18. The molecule has 0 aliphatic carbocycles. The second-order valence-corrected chi connectivity index (χ2v) is 4.11. The average Bonchev–Trinajstić information content (AvgIpc) is 2.25. The zero-order chi connectivity index (χ0) is 10.7. The maximum atomic E-state index is 9.55. The van der Waals surface area contributed by atoms with Gasteiger partial charge in [-0.15, -0.1) is 0 Å². The van der Waals surface area contributed by atoms with E-state index in [1.54, 1.807) is 0 Å². The molecule has 0 fully saturated rings. The molecule has 0 aromatic heterocycles. The fraction of sp³-hybridized carbons (Fsp3) is 0.385. The summed E-state index contributed by atoms with van der Waals surface area (Å²) in [5.41, 5.74) is 1.30. The molecule has 1 N–H and O–H groups in total. The number of β-amino-alcohol motifs (C(OH)–C–C–N with tert-alkyl or cyclic N) is 1. The molecular formula is C13H17NO. The molecule has 15 heavy (non-hydrogen) atoms. The summed E-state index contributed by atoms with van der Waals surface area (Å²) >= 11 is 0. The minimum Gasteiger partial charge on any atom is -0.388 e. The summed E-state index contributed by atoms with van der Waals surface area (Å²) in [7, 11) is 0. The zero-order valence-electron chi connectivity index (χ0n) is 9.00. The van der Waals surface area contributed by atoms with Crippen molar-refractivity contribution in [3.05, 3.63) is 48.0 Å². The number of hydrogen-bond acceptors (Lipinski definition) is 2. The smallest absolute Gasteiger partial charge is 0.0848 e.